The Kier molecular flexibility index (Phi) is 4.55. The van der Waals surface area contributed by atoms with Crippen molar-refractivity contribution < 1.29 is 9.59 Å². The van der Waals surface area contributed by atoms with Gasteiger partial charge in [-0.15, -0.1) is 0 Å². The third-order valence-electron chi connectivity index (χ3n) is 2.70. The standard InChI is InChI=1S/C10H19N3O2/c1-11-9(14)3-4-10(15)13-7-5-12(2)6-8-13/h3-8H2,1-2H3,(H,11,14). The first-order valence-electron chi connectivity index (χ1n) is 5.30. The molecule has 1 aliphatic heterocycles. The van der Waals surface area contributed by atoms with Crippen LogP contribution < -0.4 is 5.32 Å². The maximum Gasteiger partial charge on any atom is 0.223 e. The molecule has 0 aromatic heterocycles. The normalized spacial score (nSPS) is 17.6. The van der Waals surface area contributed by atoms with E-state index < -0.39 is 0 Å². The van der Waals surface area contributed by atoms with Crippen molar-refractivity contribution in [3.05, 3.63) is 0 Å². The Labute approximate surface area is 90.4 Å². The number of rotatable bonds is 3. The molecule has 0 spiro atoms. The first-order chi connectivity index (χ1) is 7.13. The van der Waals surface area contributed by atoms with Gasteiger partial charge in [-0.1, -0.05) is 0 Å². The highest BCUT2D eigenvalue weighted by Crippen LogP contribution is 2.03. The van der Waals surface area contributed by atoms with Crippen LogP contribution in [0.25, 0.3) is 0 Å². The zero-order valence-electron chi connectivity index (χ0n) is 9.45. The maximum atomic E-state index is 11.7. The third kappa shape index (κ3) is 3.87. The molecular formula is C10H19N3O2. The Bertz CT molecular complexity index is 235. The van der Waals surface area contributed by atoms with Crippen LogP contribution >= 0.6 is 0 Å². The van der Waals surface area contributed by atoms with E-state index in [0.29, 0.717) is 12.8 Å². The van der Waals surface area contributed by atoms with E-state index >= 15 is 0 Å². The van der Waals surface area contributed by atoms with Crippen LogP contribution in [0.1, 0.15) is 12.8 Å². The van der Waals surface area contributed by atoms with Crippen molar-refractivity contribution in [3.63, 3.8) is 0 Å². The molecule has 2 amide bonds. The number of nitrogens with one attached hydrogen (secondary N) is 1. The smallest absolute Gasteiger partial charge is 0.223 e. The van der Waals surface area contributed by atoms with Crippen LogP contribution in [0.5, 0.6) is 0 Å². The molecule has 0 aromatic carbocycles. The van der Waals surface area contributed by atoms with Crippen LogP contribution in [0.3, 0.4) is 0 Å². The molecule has 86 valence electrons. The van der Waals surface area contributed by atoms with E-state index in [1.165, 1.54) is 0 Å². The summed E-state index contributed by atoms with van der Waals surface area (Å²) in [6, 6.07) is 0. The highest BCUT2D eigenvalue weighted by atomic mass is 16.2. The predicted molar refractivity (Wildman–Crippen MR) is 57.4 cm³/mol. The fourth-order valence-corrected chi connectivity index (χ4v) is 1.56. The van der Waals surface area contributed by atoms with Gasteiger partial charge in [-0.05, 0) is 7.05 Å². The molecule has 0 aromatic rings. The van der Waals surface area contributed by atoms with Gasteiger partial charge in [-0.25, -0.2) is 0 Å². The molecule has 0 bridgehead atoms. The van der Waals surface area contributed by atoms with Gasteiger partial charge in [0.15, 0.2) is 0 Å². The summed E-state index contributed by atoms with van der Waals surface area (Å²) < 4.78 is 0. The van der Waals surface area contributed by atoms with Gasteiger partial charge in [0, 0.05) is 46.1 Å². The molecule has 15 heavy (non-hydrogen) atoms. The molecule has 5 heteroatoms. The van der Waals surface area contributed by atoms with Crippen molar-refractivity contribution in [1.82, 2.24) is 15.1 Å². The number of nitrogens with zero attached hydrogens (tertiary/aromatic N) is 2. The number of amides is 2. The molecule has 1 aliphatic rings. The number of hydrogen-bond acceptors (Lipinski definition) is 3. The second kappa shape index (κ2) is 5.70. The third-order valence-corrected chi connectivity index (χ3v) is 2.70. The van der Waals surface area contributed by atoms with Gasteiger partial charge in [0.2, 0.25) is 11.8 Å². The minimum Gasteiger partial charge on any atom is -0.359 e. The molecule has 0 unspecified atom stereocenters. The zero-order valence-corrected chi connectivity index (χ0v) is 9.45. The average Bonchev–Trinajstić information content (AvgIpc) is 2.26. The monoisotopic (exact) mass is 213 g/mol. The lowest BCUT2D eigenvalue weighted by atomic mass is 10.2. The summed E-state index contributed by atoms with van der Waals surface area (Å²) in [5.41, 5.74) is 0. The Morgan fingerprint density at radius 3 is 2.27 bits per heavy atom. The fraction of sp³-hybridized carbons (Fsp3) is 0.800. The van der Waals surface area contributed by atoms with Crippen molar-refractivity contribution in [2.75, 3.05) is 40.3 Å². The van der Waals surface area contributed by atoms with Crippen LogP contribution in [-0.2, 0) is 9.59 Å². The van der Waals surface area contributed by atoms with Gasteiger partial charge in [0.25, 0.3) is 0 Å². The molecule has 5 nitrogen and oxygen atoms in total. The van der Waals surface area contributed by atoms with Crippen LogP contribution in [0, 0.1) is 0 Å². The molecule has 0 saturated carbocycles. The van der Waals surface area contributed by atoms with Crippen LogP contribution in [0.15, 0.2) is 0 Å². The molecule has 1 saturated heterocycles. The van der Waals surface area contributed by atoms with Gasteiger partial charge in [-0.2, -0.15) is 0 Å². The van der Waals surface area contributed by atoms with Crippen molar-refractivity contribution in [2.45, 2.75) is 12.8 Å². The topological polar surface area (TPSA) is 52.7 Å². The lowest BCUT2D eigenvalue weighted by molar-refractivity contribution is -0.134. The Morgan fingerprint density at radius 2 is 1.73 bits per heavy atom. The molecule has 0 aliphatic carbocycles. The zero-order chi connectivity index (χ0) is 11.3. The summed E-state index contributed by atoms with van der Waals surface area (Å²) in [5, 5.41) is 2.51. The second-order valence-electron chi connectivity index (χ2n) is 3.86. The molecule has 1 N–H and O–H groups in total. The molecular weight excluding hydrogens is 194 g/mol. The number of piperazine rings is 1. The minimum absolute atomic E-state index is 0.0718. The number of carbonyl (C=O) groups excluding carboxylic acids is 2. The first-order valence-corrected chi connectivity index (χ1v) is 5.30. The van der Waals surface area contributed by atoms with E-state index in [0.717, 1.165) is 26.2 Å². The van der Waals surface area contributed by atoms with E-state index in [4.69, 9.17) is 0 Å². The van der Waals surface area contributed by atoms with Crippen molar-refractivity contribution in [1.29, 1.82) is 0 Å². The number of hydrogen-bond donors (Lipinski definition) is 1. The molecule has 0 atom stereocenters. The lowest BCUT2D eigenvalue weighted by Gasteiger charge is -2.32. The summed E-state index contributed by atoms with van der Waals surface area (Å²) >= 11 is 0. The van der Waals surface area contributed by atoms with Crippen molar-refractivity contribution >= 4 is 11.8 Å². The maximum absolute atomic E-state index is 11.7. The summed E-state index contributed by atoms with van der Waals surface area (Å²) in [6.07, 6.45) is 0.616. The van der Waals surface area contributed by atoms with E-state index in [2.05, 4.69) is 10.2 Å². The van der Waals surface area contributed by atoms with Gasteiger partial charge < -0.3 is 15.1 Å². The van der Waals surface area contributed by atoms with Crippen LogP contribution in [0.4, 0.5) is 0 Å². The second-order valence-corrected chi connectivity index (χ2v) is 3.86. The van der Waals surface area contributed by atoms with E-state index in [9.17, 15) is 9.59 Å². The SMILES string of the molecule is CNC(=O)CCC(=O)N1CCN(C)CC1. The quantitative estimate of drug-likeness (QED) is 0.673. The first kappa shape index (κ1) is 12.0. The fourth-order valence-electron chi connectivity index (χ4n) is 1.56. The van der Waals surface area contributed by atoms with E-state index in [-0.39, 0.29) is 11.8 Å². The Morgan fingerprint density at radius 1 is 1.13 bits per heavy atom. The van der Waals surface area contributed by atoms with Gasteiger partial charge >= 0.3 is 0 Å². The van der Waals surface area contributed by atoms with Gasteiger partial charge in [-0.3, -0.25) is 9.59 Å². The largest absolute Gasteiger partial charge is 0.359 e. The molecule has 1 heterocycles. The molecule has 1 rings (SSSR count). The lowest BCUT2D eigenvalue weighted by Crippen LogP contribution is -2.47. The van der Waals surface area contributed by atoms with Gasteiger partial charge in [0.05, 0.1) is 0 Å². The van der Waals surface area contributed by atoms with Crippen molar-refractivity contribution in [3.8, 4) is 0 Å². The summed E-state index contributed by atoms with van der Waals surface area (Å²) in [4.78, 5) is 26.6. The summed E-state index contributed by atoms with van der Waals surface area (Å²) in [5.74, 6) is 0.0178. The Balaban J connectivity index is 2.25. The average molecular weight is 213 g/mol. The summed E-state index contributed by atoms with van der Waals surface area (Å²) in [7, 11) is 3.63. The van der Waals surface area contributed by atoms with Crippen molar-refractivity contribution in [2.24, 2.45) is 0 Å². The van der Waals surface area contributed by atoms with E-state index in [1.54, 1.807) is 7.05 Å². The predicted octanol–water partition coefficient (Wildman–Crippen LogP) is -0.713. The highest BCUT2D eigenvalue weighted by Gasteiger charge is 2.18. The van der Waals surface area contributed by atoms with Crippen LogP contribution in [-0.4, -0.2) is 61.9 Å². The van der Waals surface area contributed by atoms with Gasteiger partial charge in [0.1, 0.15) is 0 Å². The summed E-state index contributed by atoms with van der Waals surface area (Å²) in [6.45, 7) is 3.41. The van der Waals surface area contributed by atoms with E-state index in [1.807, 2.05) is 11.9 Å². The number of likely N-dealkylation sites (N-methyl/N-ethyl adjacent to an activating group) is 1. The minimum atomic E-state index is -0.0718. The Hall–Kier alpha value is -1.10. The number of carbonyl (C=O) groups is 2. The van der Waals surface area contributed by atoms with Crippen LogP contribution in [0.2, 0.25) is 0 Å². The highest BCUT2D eigenvalue weighted by molar-refractivity contribution is 5.83. The molecule has 1 fully saturated rings. The molecule has 0 radical (unpaired) electrons.